The Hall–Kier alpha value is -0.720. The van der Waals surface area contributed by atoms with Crippen molar-refractivity contribution in [3.63, 3.8) is 0 Å². The minimum atomic E-state index is -0.455. The predicted molar refractivity (Wildman–Crippen MR) is 89.9 cm³/mol. The molecule has 0 aromatic carbocycles. The van der Waals surface area contributed by atoms with E-state index in [0.29, 0.717) is 24.6 Å². The van der Waals surface area contributed by atoms with Crippen molar-refractivity contribution < 1.29 is 9.32 Å². The Morgan fingerprint density at radius 2 is 2.14 bits per heavy atom. The van der Waals surface area contributed by atoms with E-state index in [1.54, 1.807) is 11.8 Å². The number of thioether (sulfide) groups is 1. The molecule has 0 spiro atoms. The van der Waals surface area contributed by atoms with E-state index in [1.165, 1.54) is 0 Å². The Balaban J connectivity index is 0.00000400. The van der Waals surface area contributed by atoms with Crippen molar-refractivity contribution in [3.05, 3.63) is 17.5 Å². The zero-order valence-electron chi connectivity index (χ0n) is 12.9. The van der Waals surface area contributed by atoms with Crippen molar-refractivity contribution in [1.82, 2.24) is 10.5 Å². The molecular formula is C14H26ClN3O2S. The summed E-state index contributed by atoms with van der Waals surface area (Å²) < 4.78 is 5.25. The summed E-state index contributed by atoms with van der Waals surface area (Å²) in [5, 5.41) is 6.86. The van der Waals surface area contributed by atoms with Crippen LogP contribution in [0, 0.1) is 0 Å². The molecule has 5 nitrogen and oxygen atoms in total. The van der Waals surface area contributed by atoms with Crippen LogP contribution >= 0.6 is 24.2 Å². The lowest BCUT2D eigenvalue weighted by molar-refractivity contribution is -0.122. The number of rotatable bonds is 9. The van der Waals surface area contributed by atoms with Crippen LogP contribution in [0.3, 0.4) is 0 Å². The maximum Gasteiger partial charge on any atom is 0.237 e. The van der Waals surface area contributed by atoms with Crippen molar-refractivity contribution in [2.45, 2.75) is 51.6 Å². The van der Waals surface area contributed by atoms with Crippen molar-refractivity contribution in [2.24, 2.45) is 5.73 Å². The summed E-state index contributed by atoms with van der Waals surface area (Å²) in [6.07, 6.45) is 4.75. The van der Waals surface area contributed by atoms with Gasteiger partial charge in [-0.25, -0.2) is 0 Å². The zero-order chi connectivity index (χ0) is 15.0. The summed E-state index contributed by atoms with van der Waals surface area (Å²) in [5.41, 5.74) is 6.76. The van der Waals surface area contributed by atoms with Crippen molar-refractivity contribution in [2.75, 3.05) is 12.0 Å². The molecule has 0 saturated heterocycles. The van der Waals surface area contributed by atoms with Gasteiger partial charge in [0, 0.05) is 12.0 Å². The minimum absolute atomic E-state index is 0. The van der Waals surface area contributed by atoms with Gasteiger partial charge in [-0.05, 0) is 31.3 Å². The molecule has 1 aromatic rings. The van der Waals surface area contributed by atoms with Crippen LogP contribution in [0.1, 0.15) is 50.5 Å². The van der Waals surface area contributed by atoms with Crippen LogP contribution < -0.4 is 11.1 Å². The smallest absolute Gasteiger partial charge is 0.237 e. The number of nitrogens with two attached hydrogens (primary N) is 1. The molecule has 1 rings (SSSR count). The molecule has 0 aliphatic heterocycles. The molecular weight excluding hydrogens is 310 g/mol. The minimum Gasteiger partial charge on any atom is -0.359 e. The summed E-state index contributed by atoms with van der Waals surface area (Å²) in [6.45, 7) is 4.61. The van der Waals surface area contributed by atoms with Crippen LogP contribution in [-0.4, -0.2) is 29.1 Å². The van der Waals surface area contributed by atoms with Crippen LogP contribution in [0.25, 0.3) is 0 Å². The molecule has 0 unspecified atom stereocenters. The summed E-state index contributed by atoms with van der Waals surface area (Å²) >= 11 is 1.68. The van der Waals surface area contributed by atoms with E-state index in [0.717, 1.165) is 24.3 Å². The number of carbonyl (C=O) groups excluding carboxylic acids is 1. The van der Waals surface area contributed by atoms with Gasteiger partial charge in [0.2, 0.25) is 5.91 Å². The van der Waals surface area contributed by atoms with Gasteiger partial charge in [-0.15, -0.1) is 12.4 Å². The number of nitrogens with one attached hydrogen (secondary N) is 1. The average molecular weight is 336 g/mol. The molecule has 0 radical (unpaired) electrons. The standard InChI is InChI=1S/C14H25N3O2S.ClH/c1-4-10(5-2)13-8-11(19-17-13)9-16-14(18)12(15)6-7-20-3;/h8,10,12H,4-7,9,15H2,1-3H3,(H,16,18);1H/t12-;/m0./s1. The number of hydrogen-bond acceptors (Lipinski definition) is 5. The van der Waals surface area contributed by atoms with Gasteiger partial charge < -0.3 is 15.6 Å². The monoisotopic (exact) mass is 335 g/mol. The molecule has 0 aliphatic carbocycles. The van der Waals surface area contributed by atoms with Gasteiger partial charge in [0.15, 0.2) is 5.76 Å². The number of hydrogen-bond donors (Lipinski definition) is 2. The largest absolute Gasteiger partial charge is 0.359 e. The predicted octanol–water partition coefficient (Wildman–Crippen LogP) is 2.70. The molecule has 3 N–H and O–H groups in total. The second-order valence-electron chi connectivity index (χ2n) is 4.84. The van der Waals surface area contributed by atoms with Gasteiger partial charge in [-0.3, -0.25) is 4.79 Å². The molecule has 0 aliphatic rings. The van der Waals surface area contributed by atoms with Gasteiger partial charge in [-0.1, -0.05) is 19.0 Å². The topological polar surface area (TPSA) is 81.2 Å². The highest BCUT2D eigenvalue weighted by atomic mass is 35.5. The quantitative estimate of drug-likeness (QED) is 0.725. The van der Waals surface area contributed by atoms with Crippen LogP contribution in [0.4, 0.5) is 0 Å². The average Bonchev–Trinajstić information content (AvgIpc) is 2.92. The Labute approximate surface area is 137 Å². The maximum atomic E-state index is 11.8. The third-order valence-corrected chi connectivity index (χ3v) is 4.03. The first-order chi connectivity index (χ1) is 9.62. The Morgan fingerprint density at radius 1 is 1.48 bits per heavy atom. The maximum absolute atomic E-state index is 11.8. The van der Waals surface area contributed by atoms with Crippen LogP contribution in [0.2, 0.25) is 0 Å². The van der Waals surface area contributed by atoms with Crippen molar-refractivity contribution in [1.29, 1.82) is 0 Å². The van der Waals surface area contributed by atoms with E-state index in [9.17, 15) is 4.79 Å². The molecule has 7 heteroatoms. The summed E-state index contributed by atoms with van der Waals surface area (Å²) in [7, 11) is 0. The summed E-state index contributed by atoms with van der Waals surface area (Å²) in [4.78, 5) is 11.8. The molecule has 122 valence electrons. The van der Waals surface area contributed by atoms with E-state index in [-0.39, 0.29) is 18.3 Å². The number of nitrogens with zero attached hydrogens (tertiary/aromatic N) is 1. The van der Waals surface area contributed by atoms with E-state index >= 15 is 0 Å². The second kappa shape index (κ2) is 10.9. The van der Waals surface area contributed by atoms with E-state index in [1.807, 2.05) is 12.3 Å². The van der Waals surface area contributed by atoms with E-state index < -0.39 is 6.04 Å². The van der Waals surface area contributed by atoms with Gasteiger partial charge >= 0.3 is 0 Å². The Morgan fingerprint density at radius 3 is 2.71 bits per heavy atom. The lowest BCUT2D eigenvalue weighted by Crippen LogP contribution is -2.40. The van der Waals surface area contributed by atoms with Crippen molar-refractivity contribution in [3.8, 4) is 0 Å². The normalized spacial score (nSPS) is 12.0. The molecule has 21 heavy (non-hydrogen) atoms. The molecule has 0 saturated carbocycles. The van der Waals surface area contributed by atoms with E-state index in [2.05, 4.69) is 24.3 Å². The van der Waals surface area contributed by atoms with Crippen molar-refractivity contribution >= 4 is 30.1 Å². The lowest BCUT2D eigenvalue weighted by Gasteiger charge is -2.10. The molecule has 1 aromatic heterocycles. The third kappa shape index (κ3) is 6.72. The second-order valence-corrected chi connectivity index (χ2v) is 5.82. The molecule has 0 fully saturated rings. The SMILES string of the molecule is CCC(CC)c1cc(CNC(=O)[C@@H](N)CCSC)on1.Cl. The summed E-state index contributed by atoms with van der Waals surface area (Å²) in [5.74, 6) is 1.85. The highest BCUT2D eigenvalue weighted by Gasteiger charge is 2.15. The fourth-order valence-electron chi connectivity index (χ4n) is 1.99. The van der Waals surface area contributed by atoms with Crippen LogP contribution in [0.15, 0.2) is 10.6 Å². The Bertz CT molecular complexity index is 411. The molecule has 1 atom stereocenters. The van der Waals surface area contributed by atoms with Crippen LogP contribution in [0.5, 0.6) is 0 Å². The highest BCUT2D eigenvalue weighted by Crippen LogP contribution is 2.22. The number of amides is 1. The van der Waals surface area contributed by atoms with Crippen LogP contribution in [-0.2, 0) is 11.3 Å². The number of carbonyl (C=O) groups is 1. The first-order valence-corrected chi connectivity index (χ1v) is 8.49. The van der Waals surface area contributed by atoms with Gasteiger partial charge in [-0.2, -0.15) is 11.8 Å². The zero-order valence-corrected chi connectivity index (χ0v) is 14.6. The molecule has 1 heterocycles. The molecule has 1 amide bonds. The first kappa shape index (κ1) is 20.3. The number of aromatic nitrogens is 1. The summed E-state index contributed by atoms with van der Waals surface area (Å²) in [6, 6.07) is 1.47. The number of halogens is 1. The highest BCUT2D eigenvalue weighted by molar-refractivity contribution is 7.98. The Kier molecular flexibility index (Phi) is 10.6. The van der Waals surface area contributed by atoms with E-state index in [4.69, 9.17) is 10.3 Å². The third-order valence-electron chi connectivity index (χ3n) is 3.39. The molecule has 0 bridgehead atoms. The fraction of sp³-hybridized carbons (Fsp3) is 0.714. The van der Waals surface area contributed by atoms with Gasteiger partial charge in [0.05, 0.1) is 18.3 Å². The lowest BCUT2D eigenvalue weighted by atomic mass is 9.99. The fourth-order valence-corrected chi connectivity index (χ4v) is 2.48. The first-order valence-electron chi connectivity index (χ1n) is 7.10. The van der Waals surface area contributed by atoms with Gasteiger partial charge in [0.25, 0.3) is 0 Å². The van der Waals surface area contributed by atoms with Gasteiger partial charge in [0.1, 0.15) is 0 Å².